The van der Waals surface area contributed by atoms with E-state index in [2.05, 4.69) is 0 Å². The van der Waals surface area contributed by atoms with Crippen LogP contribution in [0, 0.1) is 13.8 Å². The summed E-state index contributed by atoms with van der Waals surface area (Å²) >= 11 is 6.09. The molecule has 0 aromatic heterocycles. The molecule has 1 spiro atoms. The number of ether oxygens (including phenoxy) is 4. The Labute approximate surface area is 211 Å². The van der Waals surface area contributed by atoms with Crippen LogP contribution >= 0.6 is 11.6 Å². The summed E-state index contributed by atoms with van der Waals surface area (Å²) in [7, 11) is 1.64. The Balaban J connectivity index is 1.88. The van der Waals surface area contributed by atoms with E-state index >= 15 is 0 Å². The van der Waals surface area contributed by atoms with E-state index in [0.29, 0.717) is 23.4 Å². The fraction of sp³-hybridized carbons (Fsp3) is 0.429. The van der Waals surface area contributed by atoms with E-state index in [1.165, 1.54) is 0 Å². The number of rotatable bonds is 5. The second kappa shape index (κ2) is 10.0. The van der Waals surface area contributed by atoms with Crippen molar-refractivity contribution in [2.24, 2.45) is 0 Å². The van der Waals surface area contributed by atoms with Gasteiger partial charge < -0.3 is 18.9 Å². The first-order valence-electron chi connectivity index (χ1n) is 11.9. The average Bonchev–Trinajstić information content (AvgIpc) is 3.04. The molecule has 1 heterocycles. The van der Waals surface area contributed by atoms with Gasteiger partial charge in [0, 0.05) is 18.6 Å². The molecule has 2 aliphatic rings. The first kappa shape index (κ1) is 25.3. The van der Waals surface area contributed by atoms with Crippen LogP contribution in [0.4, 0.5) is 4.79 Å². The second-order valence-electron chi connectivity index (χ2n) is 9.55. The molecule has 0 saturated heterocycles. The van der Waals surface area contributed by atoms with Crippen molar-refractivity contribution in [3.05, 3.63) is 63.9 Å². The van der Waals surface area contributed by atoms with Crippen LogP contribution in [0.25, 0.3) is 16.7 Å². The number of methoxy groups -OCH3 is 1. The number of hydrogen-bond acceptors (Lipinski definition) is 6. The van der Waals surface area contributed by atoms with Gasteiger partial charge in [0.15, 0.2) is 11.4 Å². The Bertz CT molecular complexity index is 1170. The number of carbonyl (C=O) groups excluding carboxylic acids is 2. The van der Waals surface area contributed by atoms with Crippen LogP contribution in [0.15, 0.2) is 42.2 Å². The van der Waals surface area contributed by atoms with Crippen LogP contribution in [-0.4, -0.2) is 37.0 Å². The Morgan fingerprint density at radius 2 is 1.80 bits per heavy atom. The molecule has 2 aromatic rings. The fourth-order valence-electron chi connectivity index (χ4n) is 5.02. The van der Waals surface area contributed by atoms with Gasteiger partial charge in [0.05, 0.1) is 12.2 Å². The molecule has 1 aliphatic carbocycles. The highest BCUT2D eigenvalue weighted by molar-refractivity contribution is 6.30. The average molecular weight is 499 g/mol. The smallest absolute Gasteiger partial charge is 0.447 e. The molecule has 0 unspecified atom stereocenters. The van der Waals surface area contributed by atoms with Gasteiger partial charge in [-0.3, -0.25) is 0 Å². The maximum atomic E-state index is 13.4. The number of carbonyl (C=O) groups is 2. The molecular formula is C28H31ClO6. The van der Waals surface area contributed by atoms with E-state index in [4.69, 9.17) is 30.5 Å². The van der Waals surface area contributed by atoms with E-state index in [9.17, 15) is 9.59 Å². The van der Waals surface area contributed by atoms with E-state index in [1.54, 1.807) is 21.0 Å². The van der Waals surface area contributed by atoms with Crippen molar-refractivity contribution < 1.29 is 28.5 Å². The van der Waals surface area contributed by atoms with Crippen molar-refractivity contribution >= 4 is 29.3 Å². The molecule has 2 atom stereocenters. The van der Waals surface area contributed by atoms with Gasteiger partial charge in [0.2, 0.25) is 0 Å². The monoisotopic (exact) mass is 498 g/mol. The Morgan fingerprint density at radius 1 is 1.11 bits per heavy atom. The highest BCUT2D eigenvalue weighted by atomic mass is 35.5. The zero-order valence-corrected chi connectivity index (χ0v) is 21.5. The molecule has 7 heteroatoms. The molecule has 35 heavy (non-hydrogen) atoms. The molecule has 0 radical (unpaired) electrons. The molecule has 2 aromatic carbocycles. The highest BCUT2D eigenvalue weighted by Crippen LogP contribution is 2.48. The lowest BCUT2D eigenvalue weighted by Gasteiger charge is -2.36. The third kappa shape index (κ3) is 5.09. The van der Waals surface area contributed by atoms with Crippen molar-refractivity contribution in [2.45, 2.75) is 71.2 Å². The summed E-state index contributed by atoms with van der Waals surface area (Å²) in [4.78, 5) is 26.1. The molecule has 1 saturated carbocycles. The number of benzene rings is 2. The number of esters is 1. The molecule has 186 valence electrons. The van der Waals surface area contributed by atoms with Gasteiger partial charge in [-0.2, -0.15) is 0 Å². The van der Waals surface area contributed by atoms with Gasteiger partial charge in [-0.1, -0.05) is 29.8 Å². The summed E-state index contributed by atoms with van der Waals surface area (Å²) in [5.41, 5.74) is 3.69. The Morgan fingerprint density at radius 3 is 2.46 bits per heavy atom. The van der Waals surface area contributed by atoms with E-state index in [-0.39, 0.29) is 23.5 Å². The first-order valence-corrected chi connectivity index (χ1v) is 12.3. The van der Waals surface area contributed by atoms with Crippen LogP contribution in [-0.2, 0) is 23.7 Å². The van der Waals surface area contributed by atoms with Crippen LogP contribution in [0.3, 0.4) is 0 Å². The largest absolute Gasteiger partial charge is 0.513 e. The summed E-state index contributed by atoms with van der Waals surface area (Å²) in [6.45, 7) is 7.44. The summed E-state index contributed by atoms with van der Waals surface area (Å²) < 4.78 is 22.7. The van der Waals surface area contributed by atoms with Gasteiger partial charge in [-0.15, -0.1) is 0 Å². The Kier molecular flexibility index (Phi) is 7.25. The number of halogens is 1. The van der Waals surface area contributed by atoms with E-state index in [0.717, 1.165) is 35.1 Å². The third-order valence-corrected chi connectivity index (χ3v) is 6.90. The van der Waals surface area contributed by atoms with Crippen molar-refractivity contribution in [1.29, 1.82) is 0 Å². The van der Waals surface area contributed by atoms with Crippen LogP contribution in [0.1, 0.15) is 56.2 Å². The fourth-order valence-corrected chi connectivity index (χ4v) is 5.15. The van der Waals surface area contributed by atoms with Crippen molar-refractivity contribution in [3.8, 4) is 11.1 Å². The maximum absolute atomic E-state index is 13.4. The van der Waals surface area contributed by atoms with Crippen LogP contribution in [0.5, 0.6) is 0 Å². The highest BCUT2D eigenvalue weighted by Gasteiger charge is 2.53. The summed E-state index contributed by atoms with van der Waals surface area (Å²) in [5.74, 6) is -0.299. The predicted octanol–water partition coefficient (Wildman–Crippen LogP) is 6.78. The molecule has 0 N–H and O–H groups in total. The zero-order valence-electron chi connectivity index (χ0n) is 20.8. The quantitative estimate of drug-likeness (QED) is 0.423. The van der Waals surface area contributed by atoms with Crippen molar-refractivity contribution in [1.82, 2.24) is 0 Å². The minimum absolute atomic E-state index is 0.112. The van der Waals surface area contributed by atoms with Gasteiger partial charge in [-0.25, -0.2) is 9.59 Å². The lowest BCUT2D eigenvalue weighted by Crippen LogP contribution is -2.41. The molecule has 1 fully saturated rings. The van der Waals surface area contributed by atoms with Crippen molar-refractivity contribution in [3.63, 3.8) is 0 Å². The SMILES string of the molecule is CO[C@H]1CCC[C@@]2(C1)OC(=O)C(c1cc(-c3ccc(Cl)cc3)c(C)cc1C)=C2OC(=O)OC(C)C. The molecular weight excluding hydrogens is 468 g/mol. The summed E-state index contributed by atoms with van der Waals surface area (Å²) in [6, 6.07) is 11.5. The van der Waals surface area contributed by atoms with Crippen molar-refractivity contribution in [2.75, 3.05) is 7.11 Å². The minimum atomic E-state index is -1.07. The number of hydrogen-bond donors (Lipinski definition) is 0. The summed E-state index contributed by atoms with van der Waals surface area (Å²) in [6.07, 6.45) is 1.25. The van der Waals surface area contributed by atoms with Crippen LogP contribution < -0.4 is 0 Å². The van der Waals surface area contributed by atoms with Gasteiger partial charge in [0.25, 0.3) is 0 Å². The lowest BCUT2D eigenvalue weighted by molar-refractivity contribution is -0.154. The number of aryl methyl sites for hydroxylation is 2. The second-order valence-corrected chi connectivity index (χ2v) is 9.99. The topological polar surface area (TPSA) is 71.1 Å². The molecule has 0 bridgehead atoms. The summed E-state index contributed by atoms with van der Waals surface area (Å²) in [5, 5.41) is 0.645. The first-order chi connectivity index (χ1) is 16.6. The molecule has 0 amide bonds. The normalized spacial score (nSPS) is 22.0. The van der Waals surface area contributed by atoms with E-state index < -0.39 is 17.7 Å². The molecule has 1 aliphatic heterocycles. The van der Waals surface area contributed by atoms with Gasteiger partial charge in [-0.05, 0) is 93.0 Å². The third-order valence-electron chi connectivity index (χ3n) is 6.64. The van der Waals surface area contributed by atoms with Crippen LogP contribution in [0.2, 0.25) is 5.02 Å². The lowest BCUT2D eigenvalue weighted by atomic mass is 9.80. The molecule has 6 nitrogen and oxygen atoms in total. The predicted molar refractivity (Wildman–Crippen MR) is 134 cm³/mol. The van der Waals surface area contributed by atoms with Gasteiger partial charge >= 0.3 is 12.1 Å². The van der Waals surface area contributed by atoms with E-state index in [1.807, 2.05) is 50.2 Å². The minimum Gasteiger partial charge on any atom is -0.447 e. The Hall–Kier alpha value is -2.83. The van der Waals surface area contributed by atoms with Gasteiger partial charge in [0.1, 0.15) is 5.57 Å². The molecule has 4 rings (SSSR count). The zero-order chi connectivity index (χ0) is 25.3. The standard InChI is InChI=1S/C28H31ClO6/c1-16(2)33-27(31)34-25-24(26(30)35-28(25)12-6-7-21(15-28)32-5)23-14-22(17(3)13-18(23)4)19-8-10-20(29)11-9-19/h8-11,13-14,16,21H,6-7,12,15H2,1-5H3/t21-,28-/m0/s1. The maximum Gasteiger partial charge on any atom is 0.513 e.